The van der Waals surface area contributed by atoms with Crippen LogP contribution in [0.5, 0.6) is 0 Å². The standard InChI is InChI=1S/C32H42N6O6/c1-32(2,3)44-31(43)33-15-9-5-6-10-16-38-19-22-17-21(13-14-23(22)34-26(30(38)42)18-28(39)40)29(41)37(4)20-27-35-24-11-7-8-12-25(24)36-27/h7-8,11-14,17,26,34H,5-6,9-10,15-16,18-20H2,1-4H3,(H,33,43)(H,35,36)(H,39,40). The Bertz CT molecular complexity index is 1460. The molecule has 2 heterocycles. The summed E-state index contributed by atoms with van der Waals surface area (Å²) in [6.45, 7) is 6.93. The number of aromatic amines is 1. The number of nitrogens with zero attached hydrogens (tertiary/aromatic N) is 3. The fraction of sp³-hybridized carbons (Fsp3) is 0.469. The molecule has 44 heavy (non-hydrogen) atoms. The highest BCUT2D eigenvalue weighted by molar-refractivity contribution is 5.95. The quantitative estimate of drug-likeness (QED) is 0.219. The molecule has 236 valence electrons. The van der Waals surface area contributed by atoms with E-state index < -0.39 is 23.7 Å². The number of carboxylic acid groups (broad SMARTS) is 1. The maximum absolute atomic E-state index is 13.4. The lowest BCUT2D eigenvalue weighted by Crippen LogP contribution is -2.42. The summed E-state index contributed by atoms with van der Waals surface area (Å²) < 4.78 is 5.24. The average molecular weight is 607 g/mol. The molecule has 1 atom stereocenters. The van der Waals surface area contributed by atoms with Crippen molar-refractivity contribution in [1.29, 1.82) is 0 Å². The number of benzene rings is 2. The van der Waals surface area contributed by atoms with E-state index in [1.54, 1.807) is 35.0 Å². The van der Waals surface area contributed by atoms with Crippen LogP contribution in [0.4, 0.5) is 10.5 Å². The van der Waals surface area contributed by atoms with Gasteiger partial charge in [0.25, 0.3) is 5.91 Å². The summed E-state index contributed by atoms with van der Waals surface area (Å²) >= 11 is 0. The average Bonchev–Trinajstić information content (AvgIpc) is 3.31. The van der Waals surface area contributed by atoms with Crippen LogP contribution in [0.2, 0.25) is 0 Å². The van der Waals surface area contributed by atoms with E-state index >= 15 is 0 Å². The fourth-order valence-corrected chi connectivity index (χ4v) is 5.14. The summed E-state index contributed by atoms with van der Waals surface area (Å²) in [5.41, 5.74) is 3.03. The van der Waals surface area contributed by atoms with Crippen molar-refractivity contribution in [2.45, 2.75) is 77.6 Å². The lowest BCUT2D eigenvalue weighted by Gasteiger charge is -2.24. The second-order valence-electron chi connectivity index (χ2n) is 12.1. The zero-order chi connectivity index (χ0) is 31.9. The molecular formula is C32H42N6O6. The van der Waals surface area contributed by atoms with Gasteiger partial charge >= 0.3 is 12.1 Å². The molecule has 1 aliphatic rings. The molecule has 3 amide bonds. The third-order valence-electron chi connectivity index (χ3n) is 7.23. The van der Waals surface area contributed by atoms with Crippen molar-refractivity contribution in [3.63, 3.8) is 0 Å². The molecule has 3 aromatic rings. The number of imidazole rings is 1. The van der Waals surface area contributed by atoms with Crippen molar-refractivity contribution < 1.29 is 29.0 Å². The number of carbonyl (C=O) groups is 4. The van der Waals surface area contributed by atoms with Gasteiger partial charge in [-0.2, -0.15) is 0 Å². The fourth-order valence-electron chi connectivity index (χ4n) is 5.14. The number of para-hydroxylation sites is 2. The van der Waals surface area contributed by atoms with Gasteiger partial charge in [-0.15, -0.1) is 0 Å². The Morgan fingerprint density at radius 3 is 2.59 bits per heavy atom. The largest absolute Gasteiger partial charge is 0.481 e. The zero-order valence-electron chi connectivity index (χ0n) is 25.8. The number of hydrogen-bond acceptors (Lipinski definition) is 7. The molecule has 2 aromatic carbocycles. The zero-order valence-corrected chi connectivity index (χ0v) is 25.8. The molecule has 4 N–H and O–H groups in total. The molecule has 0 spiro atoms. The van der Waals surface area contributed by atoms with Crippen molar-refractivity contribution in [1.82, 2.24) is 25.1 Å². The Balaban J connectivity index is 1.37. The Labute approximate surface area is 257 Å². The van der Waals surface area contributed by atoms with Gasteiger partial charge in [0.05, 0.1) is 24.0 Å². The monoisotopic (exact) mass is 606 g/mol. The summed E-state index contributed by atoms with van der Waals surface area (Å²) in [6, 6.07) is 12.0. The van der Waals surface area contributed by atoms with Crippen LogP contribution >= 0.6 is 0 Å². The minimum Gasteiger partial charge on any atom is -0.481 e. The van der Waals surface area contributed by atoms with Gasteiger partial charge in [0.1, 0.15) is 17.5 Å². The number of aromatic nitrogens is 2. The number of carboxylic acids is 1. The van der Waals surface area contributed by atoms with E-state index in [9.17, 15) is 24.3 Å². The number of rotatable bonds is 12. The normalized spacial score (nSPS) is 14.9. The number of alkyl carbamates (subject to hydrolysis) is 1. The second-order valence-corrected chi connectivity index (χ2v) is 12.1. The molecule has 1 aromatic heterocycles. The predicted octanol–water partition coefficient (Wildman–Crippen LogP) is 4.52. The number of ether oxygens (including phenoxy) is 1. The maximum Gasteiger partial charge on any atom is 0.407 e. The predicted molar refractivity (Wildman–Crippen MR) is 166 cm³/mol. The molecule has 0 saturated heterocycles. The van der Waals surface area contributed by atoms with E-state index in [0.29, 0.717) is 43.1 Å². The first-order valence-corrected chi connectivity index (χ1v) is 15.0. The van der Waals surface area contributed by atoms with Crippen molar-refractivity contribution in [3.05, 3.63) is 59.4 Å². The van der Waals surface area contributed by atoms with E-state index in [1.807, 2.05) is 45.0 Å². The number of nitrogens with one attached hydrogen (secondary N) is 3. The molecule has 1 aliphatic heterocycles. The second kappa shape index (κ2) is 14.2. The topological polar surface area (TPSA) is 157 Å². The van der Waals surface area contributed by atoms with E-state index in [4.69, 9.17) is 4.74 Å². The van der Waals surface area contributed by atoms with Crippen LogP contribution < -0.4 is 10.6 Å². The van der Waals surface area contributed by atoms with Crippen LogP contribution in [0.25, 0.3) is 11.0 Å². The van der Waals surface area contributed by atoms with E-state index in [1.165, 1.54) is 0 Å². The van der Waals surface area contributed by atoms with Gasteiger partial charge in [-0.05, 0) is 69.5 Å². The molecule has 1 unspecified atom stereocenters. The summed E-state index contributed by atoms with van der Waals surface area (Å²) in [5, 5.41) is 15.3. The van der Waals surface area contributed by atoms with Crippen molar-refractivity contribution >= 4 is 40.6 Å². The number of amides is 3. The van der Waals surface area contributed by atoms with E-state index in [2.05, 4.69) is 20.6 Å². The number of anilines is 1. The third kappa shape index (κ3) is 8.95. The number of hydrogen-bond donors (Lipinski definition) is 4. The van der Waals surface area contributed by atoms with Crippen molar-refractivity contribution in [3.8, 4) is 0 Å². The first-order valence-electron chi connectivity index (χ1n) is 15.0. The van der Waals surface area contributed by atoms with Crippen molar-refractivity contribution in [2.24, 2.45) is 0 Å². The molecule has 4 rings (SSSR count). The van der Waals surface area contributed by atoms with Gasteiger partial charge in [0, 0.05) is 37.9 Å². The Morgan fingerprint density at radius 1 is 1.11 bits per heavy atom. The van der Waals surface area contributed by atoms with Crippen LogP contribution in [-0.2, 0) is 27.4 Å². The molecular weight excluding hydrogens is 564 g/mol. The highest BCUT2D eigenvalue weighted by Gasteiger charge is 2.31. The van der Waals surface area contributed by atoms with Crippen LogP contribution in [-0.4, -0.2) is 80.5 Å². The summed E-state index contributed by atoms with van der Waals surface area (Å²) in [6.07, 6.45) is 2.36. The van der Waals surface area contributed by atoms with Gasteiger partial charge in [0.15, 0.2) is 0 Å². The van der Waals surface area contributed by atoms with Crippen LogP contribution in [0, 0.1) is 0 Å². The number of carbonyl (C=O) groups excluding carboxylic acids is 3. The smallest absolute Gasteiger partial charge is 0.407 e. The van der Waals surface area contributed by atoms with Gasteiger partial charge in [-0.3, -0.25) is 14.4 Å². The first-order chi connectivity index (χ1) is 20.9. The highest BCUT2D eigenvalue weighted by Crippen LogP contribution is 2.27. The molecule has 0 radical (unpaired) electrons. The number of unbranched alkanes of at least 4 members (excludes halogenated alkanes) is 3. The number of aliphatic carboxylic acids is 1. The number of fused-ring (bicyclic) bond motifs is 2. The number of H-pyrrole nitrogens is 1. The van der Waals surface area contributed by atoms with E-state index in [-0.39, 0.29) is 24.8 Å². The molecule has 12 nitrogen and oxygen atoms in total. The van der Waals surface area contributed by atoms with Crippen molar-refractivity contribution in [2.75, 3.05) is 25.5 Å². The van der Waals surface area contributed by atoms with E-state index in [0.717, 1.165) is 35.9 Å². The Morgan fingerprint density at radius 2 is 1.86 bits per heavy atom. The Kier molecular flexibility index (Phi) is 10.5. The summed E-state index contributed by atoms with van der Waals surface area (Å²) in [4.78, 5) is 61.1. The SMILES string of the molecule is CN(Cc1nc2ccccc2[nH]1)C(=O)c1ccc2c(c1)CN(CCCCCCNC(=O)OC(C)(C)C)C(=O)C(CC(=O)O)N2. The van der Waals surface area contributed by atoms with Crippen LogP contribution in [0.3, 0.4) is 0 Å². The summed E-state index contributed by atoms with van der Waals surface area (Å²) in [5.74, 6) is -0.884. The third-order valence-corrected chi connectivity index (χ3v) is 7.23. The maximum atomic E-state index is 13.4. The molecule has 0 aliphatic carbocycles. The molecule has 0 bridgehead atoms. The van der Waals surface area contributed by atoms with Crippen LogP contribution in [0.15, 0.2) is 42.5 Å². The van der Waals surface area contributed by atoms with Gasteiger partial charge in [0.2, 0.25) is 5.91 Å². The Hall–Kier alpha value is -4.61. The lowest BCUT2D eigenvalue weighted by atomic mass is 10.1. The van der Waals surface area contributed by atoms with Gasteiger partial charge in [-0.1, -0.05) is 25.0 Å². The minimum absolute atomic E-state index is 0.197. The summed E-state index contributed by atoms with van der Waals surface area (Å²) in [7, 11) is 1.71. The molecule has 0 fully saturated rings. The van der Waals surface area contributed by atoms with Gasteiger partial charge in [-0.25, -0.2) is 9.78 Å². The molecule has 0 saturated carbocycles. The lowest BCUT2D eigenvalue weighted by molar-refractivity contribution is -0.141. The first kappa shape index (κ1) is 32.3. The minimum atomic E-state index is -1.07. The molecule has 12 heteroatoms. The van der Waals surface area contributed by atoms with Crippen LogP contribution in [0.1, 0.15) is 74.6 Å². The highest BCUT2D eigenvalue weighted by atomic mass is 16.6. The van der Waals surface area contributed by atoms with Gasteiger partial charge < -0.3 is 35.3 Å².